The molecule has 0 aliphatic carbocycles. The molecule has 0 saturated carbocycles. The fourth-order valence-corrected chi connectivity index (χ4v) is 1.06. The number of aliphatic hydroxyl groups is 1. The van der Waals surface area contributed by atoms with E-state index in [0.717, 1.165) is 5.06 Å². The second-order valence-corrected chi connectivity index (χ2v) is 2.51. The number of hydrogen-bond donors (Lipinski definition) is 3. The first-order valence-electron chi connectivity index (χ1n) is 3.38. The number of rotatable bonds is 0. The molecule has 2 heterocycles. The van der Waals surface area contributed by atoms with E-state index in [9.17, 15) is 5.11 Å². The maximum Gasteiger partial charge on any atom is 0.236 e. The number of aliphatic hydroxyl groups excluding tert-OH is 1. The Labute approximate surface area is 68.5 Å². The number of nitrogens with zero attached hydrogens (tertiary/aromatic N) is 3. The van der Waals surface area contributed by atoms with Gasteiger partial charge in [-0.3, -0.25) is 5.21 Å². The zero-order chi connectivity index (χ0) is 8.72. The Morgan fingerprint density at radius 2 is 2.25 bits per heavy atom. The summed E-state index contributed by atoms with van der Waals surface area (Å²) < 4.78 is 0. The van der Waals surface area contributed by atoms with Crippen LogP contribution >= 0.6 is 0 Å². The molecule has 0 atom stereocenters. The Hall–Kier alpha value is -1.69. The molecule has 0 aromatic carbocycles. The summed E-state index contributed by atoms with van der Waals surface area (Å²) in [6, 6.07) is 0. The van der Waals surface area contributed by atoms with Crippen molar-refractivity contribution < 1.29 is 10.3 Å². The van der Waals surface area contributed by atoms with Crippen molar-refractivity contribution in [3.63, 3.8) is 0 Å². The van der Waals surface area contributed by atoms with Crippen LogP contribution in [0.2, 0.25) is 0 Å². The lowest BCUT2D eigenvalue weighted by atomic mass is 10.4. The van der Waals surface area contributed by atoms with E-state index >= 15 is 0 Å². The molecule has 6 nitrogen and oxygen atoms in total. The van der Waals surface area contributed by atoms with Crippen LogP contribution in [-0.4, -0.2) is 32.8 Å². The summed E-state index contributed by atoms with van der Waals surface area (Å²) in [5.41, 5.74) is 5.35. The molecule has 0 fully saturated rings. The molecule has 0 aromatic heterocycles. The molecule has 0 unspecified atom stereocenters. The summed E-state index contributed by atoms with van der Waals surface area (Å²) in [6.45, 7) is 0.248. The quantitative estimate of drug-likeness (QED) is 0.455. The maximum absolute atomic E-state index is 9.18. The van der Waals surface area contributed by atoms with Gasteiger partial charge in [0.15, 0.2) is 11.6 Å². The van der Waals surface area contributed by atoms with Gasteiger partial charge in [-0.1, -0.05) is 0 Å². The fraction of sp³-hybridized carbons (Fsp3) is 0.167. The Bertz CT molecular complexity index is 307. The van der Waals surface area contributed by atoms with E-state index in [1.54, 1.807) is 11.1 Å². The third-order valence-electron chi connectivity index (χ3n) is 1.69. The number of aliphatic imine (C=N–C) groups is 1. The minimum atomic E-state index is 0.0127. The zero-order valence-electron chi connectivity index (χ0n) is 6.18. The Morgan fingerprint density at radius 1 is 1.50 bits per heavy atom. The van der Waals surface area contributed by atoms with Gasteiger partial charge >= 0.3 is 0 Å². The highest BCUT2D eigenvalue weighted by atomic mass is 16.5. The average molecular weight is 168 g/mol. The topological polar surface area (TPSA) is 85.3 Å². The predicted molar refractivity (Wildman–Crippen MR) is 40.7 cm³/mol. The number of hydrogen-bond acceptors (Lipinski definition) is 6. The molecule has 2 aliphatic heterocycles. The average Bonchev–Trinajstić information content (AvgIpc) is 2.35. The summed E-state index contributed by atoms with van der Waals surface area (Å²) in [7, 11) is 0. The third kappa shape index (κ3) is 0.817. The first-order chi connectivity index (χ1) is 5.68. The zero-order valence-corrected chi connectivity index (χ0v) is 6.18. The molecule has 4 N–H and O–H groups in total. The van der Waals surface area contributed by atoms with Crippen LogP contribution in [0, 0.1) is 0 Å². The summed E-state index contributed by atoms with van der Waals surface area (Å²) in [5.74, 6) is 0.369. The molecular formula is C6H8N4O2. The van der Waals surface area contributed by atoms with Gasteiger partial charge in [-0.25, -0.2) is 0 Å². The van der Waals surface area contributed by atoms with Gasteiger partial charge in [0.05, 0.1) is 12.7 Å². The second kappa shape index (κ2) is 2.15. The van der Waals surface area contributed by atoms with Crippen molar-refractivity contribution in [3.8, 4) is 0 Å². The first-order valence-corrected chi connectivity index (χ1v) is 3.38. The summed E-state index contributed by atoms with van der Waals surface area (Å²) >= 11 is 0. The van der Waals surface area contributed by atoms with Gasteiger partial charge < -0.3 is 15.7 Å². The normalized spacial score (nSPS) is 21.6. The number of fused-ring (bicyclic) bond motifs is 1. The van der Waals surface area contributed by atoms with Crippen LogP contribution in [0.3, 0.4) is 0 Å². The molecule has 0 radical (unpaired) electrons. The molecule has 0 saturated heterocycles. The maximum atomic E-state index is 9.18. The number of nitrogens with two attached hydrogens (primary N) is 1. The third-order valence-corrected chi connectivity index (χ3v) is 1.69. The molecule has 0 bridgehead atoms. The van der Waals surface area contributed by atoms with Gasteiger partial charge in [0.1, 0.15) is 0 Å². The van der Waals surface area contributed by atoms with Crippen LogP contribution < -0.4 is 5.73 Å². The summed E-state index contributed by atoms with van der Waals surface area (Å²) in [5, 5.41) is 19.2. The van der Waals surface area contributed by atoms with Crippen molar-refractivity contribution in [1.29, 1.82) is 0 Å². The lowest BCUT2D eigenvalue weighted by molar-refractivity contribution is 0.0341. The Balaban J connectivity index is 2.36. The van der Waals surface area contributed by atoms with E-state index in [1.807, 2.05) is 0 Å². The molecule has 0 spiro atoms. The van der Waals surface area contributed by atoms with Crippen LogP contribution in [0.15, 0.2) is 29.0 Å². The van der Waals surface area contributed by atoms with Gasteiger partial charge in [0.25, 0.3) is 0 Å². The summed E-state index contributed by atoms with van der Waals surface area (Å²) in [4.78, 5) is 5.34. The SMILES string of the molecule is NC1=C(O)CN2C=CN(O)C2=N1. The van der Waals surface area contributed by atoms with Gasteiger partial charge in [0, 0.05) is 6.20 Å². The minimum absolute atomic E-state index is 0.0127. The van der Waals surface area contributed by atoms with E-state index < -0.39 is 0 Å². The van der Waals surface area contributed by atoms with Crippen molar-refractivity contribution in [2.24, 2.45) is 10.7 Å². The molecule has 6 heteroatoms. The van der Waals surface area contributed by atoms with Crippen molar-refractivity contribution in [2.75, 3.05) is 6.54 Å². The van der Waals surface area contributed by atoms with Crippen molar-refractivity contribution >= 4 is 5.96 Å². The van der Waals surface area contributed by atoms with E-state index in [2.05, 4.69) is 4.99 Å². The number of guanidine groups is 1. The first kappa shape index (κ1) is 6.99. The molecule has 12 heavy (non-hydrogen) atoms. The fourth-order valence-electron chi connectivity index (χ4n) is 1.06. The Kier molecular flexibility index (Phi) is 1.25. The number of hydroxylamine groups is 2. The van der Waals surface area contributed by atoms with E-state index in [0.29, 0.717) is 5.96 Å². The van der Waals surface area contributed by atoms with Crippen molar-refractivity contribution in [2.45, 2.75) is 0 Å². The van der Waals surface area contributed by atoms with Crippen molar-refractivity contribution in [3.05, 3.63) is 24.0 Å². The smallest absolute Gasteiger partial charge is 0.236 e. The highest BCUT2D eigenvalue weighted by Crippen LogP contribution is 2.16. The molecule has 2 rings (SSSR count). The Morgan fingerprint density at radius 3 is 3.00 bits per heavy atom. The van der Waals surface area contributed by atoms with Crippen LogP contribution in [0.5, 0.6) is 0 Å². The largest absolute Gasteiger partial charge is 0.507 e. The van der Waals surface area contributed by atoms with Crippen LogP contribution in [0.4, 0.5) is 0 Å². The van der Waals surface area contributed by atoms with Gasteiger partial charge in [-0.2, -0.15) is 10.1 Å². The van der Waals surface area contributed by atoms with E-state index in [-0.39, 0.29) is 18.1 Å². The molecule has 0 amide bonds. The monoisotopic (exact) mass is 168 g/mol. The van der Waals surface area contributed by atoms with Gasteiger partial charge in [0.2, 0.25) is 5.96 Å². The van der Waals surface area contributed by atoms with E-state index in [1.165, 1.54) is 6.20 Å². The molecular weight excluding hydrogens is 160 g/mol. The second-order valence-electron chi connectivity index (χ2n) is 2.51. The van der Waals surface area contributed by atoms with Gasteiger partial charge in [-0.05, 0) is 0 Å². The highest BCUT2D eigenvalue weighted by molar-refractivity contribution is 5.85. The van der Waals surface area contributed by atoms with Crippen LogP contribution in [-0.2, 0) is 0 Å². The predicted octanol–water partition coefficient (Wildman–Crippen LogP) is -0.480. The van der Waals surface area contributed by atoms with E-state index in [4.69, 9.17) is 10.9 Å². The molecule has 2 aliphatic rings. The van der Waals surface area contributed by atoms with Crippen molar-refractivity contribution in [1.82, 2.24) is 9.96 Å². The lowest BCUT2D eigenvalue weighted by Gasteiger charge is -2.22. The standard InChI is InChI=1S/C6H8N4O2/c7-5-4(11)3-9-1-2-10(12)6(9)8-5/h1-2,11-12H,3,7H2. The highest BCUT2D eigenvalue weighted by Gasteiger charge is 2.25. The molecule has 64 valence electrons. The van der Waals surface area contributed by atoms with Gasteiger partial charge in [-0.15, -0.1) is 0 Å². The van der Waals surface area contributed by atoms with Crippen LogP contribution in [0.25, 0.3) is 0 Å². The minimum Gasteiger partial charge on any atom is -0.507 e. The summed E-state index contributed by atoms with van der Waals surface area (Å²) in [6.07, 6.45) is 3.02. The van der Waals surface area contributed by atoms with Crippen LogP contribution in [0.1, 0.15) is 0 Å². The molecule has 0 aromatic rings. The lowest BCUT2D eigenvalue weighted by Crippen LogP contribution is -2.36.